The van der Waals surface area contributed by atoms with Gasteiger partial charge in [-0.15, -0.1) is 11.3 Å². The summed E-state index contributed by atoms with van der Waals surface area (Å²) < 4.78 is 2.52. The lowest BCUT2D eigenvalue weighted by Gasteiger charge is -2.22. The number of thiophene rings is 1. The average Bonchev–Trinajstić information content (AvgIpc) is 2.93. The van der Waals surface area contributed by atoms with Gasteiger partial charge in [0.2, 0.25) is 0 Å². The van der Waals surface area contributed by atoms with Gasteiger partial charge in [-0.25, -0.2) is 0 Å². The Morgan fingerprint density at radius 2 is 1.62 bits per heavy atom. The van der Waals surface area contributed by atoms with E-state index in [1.807, 2.05) is 18.2 Å². The van der Waals surface area contributed by atoms with Crippen LogP contribution in [0.4, 0.5) is 0 Å². The van der Waals surface area contributed by atoms with Crippen molar-refractivity contribution in [2.75, 3.05) is 0 Å². The lowest BCUT2D eigenvalue weighted by molar-refractivity contribution is 0.0792. The second-order valence-electron chi connectivity index (χ2n) is 6.53. The number of rotatable bonds is 2. The van der Waals surface area contributed by atoms with E-state index in [0.29, 0.717) is 5.02 Å². The fraction of sp³-hybridized carbons (Fsp3) is 0.143. The Bertz CT molecular complexity index is 1060. The largest absolute Gasteiger partial charge is 0.386 e. The monoisotopic (exact) mass is 352 g/mol. The zero-order valence-corrected chi connectivity index (χ0v) is 15.1. The van der Waals surface area contributed by atoms with Crippen molar-refractivity contribution >= 4 is 43.1 Å². The Balaban J connectivity index is 2.08. The van der Waals surface area contributed by atoms with E-state index < -0.39 is 5.60 Å². The summed E-state index contributed by atoms with van der Waals surface area (Å²) in [6, 6.07) is 20.6. The van der Waals surface area contributed by atoms with Crippen LogP contribution < -0.4 is 0 Å². The molecular weight excluding hydrogens is 336 g/mol. The summed E-state index contributed by atoms with van der Waals surface area (Å²) in [6.07, 6.45) is 0. The molecule has 1 heterocycles. The van der Waals surface area contributed by atoms with Gasteiger partial charge in [-0.2, -0.15) is 0 Å². The van der Waals surface area contributed by atoms with E-state index in [4.69, 9.17) is 11.6 Å². The van der Waals surface area contributed by atoms with Gasteiger partial charge in [0, 0.05) is 25.2 Å². The van der Waals surface area contributed by atoms with Crippen LogP contribution in [-0.2, 0) is 5.60 Å². The highest BCUT2D eigenvalue weighted by Gasteiger charge is 2.22. The van der Waals surface area contributed by atoms with Crippen molar-refractivity contribution in [2.45, 2.75) is 19.4 Å². The summed E-state index contributed by atoms with van der Waals surface area (Å²) >= 11 is 7.98. The molecule has 120 valence electrons. The van der Waals surface area contributed by atoms with Gasteiger partial charge < -0.3 is 5.11 Å². The number of hydrogen-bond acceptors (Lipinski definition) is 2. The summed E-state index contributed by atoms with van der Waals surface area (Å²) in [4.78, 5) is 0. The van der Waals surface area contributed by atoms with Gasteiger partial charge in [0.15, 0.2) is 0 Å². The van der Waals surface area contributed by atoms with Crippen molar-refractivity contribution in [3.8, 4) is 11.1 Å². The van der Waals surface area contributed by atoms with Crippen LogP contribution in [0.5, 0.6) is 0 Å². The van der Waals surface area contributed by atoms with Crippen molar-refractivity contribution in [2.24, 2.45) is 0 Å². The maximum Gasteiger partial charge on any atom is 0.0847 e. The number of benzene rings is 3. The molecule has 1 N–H and O–H groups in total. The third-order valence-electron chi connectivity index (χ3n) is 4.34. The molecule has 4 aromatic rings. The molecule has 4 rings (SSSR count). The van der Waals surface area contributed by atoms with Crippen molar-refractivity contribution < 1.29 is 5.11 Å². The molecule has 3 aromatic carbocycles. The molecule has 1 nitrogen and oxygen atoms in total. The van der Waals surface area contributed by atoms with E-state index in [0.717, 1.165) is 16.7 Å². The van der Waals surface area contributed by atoms with Gasteiger partial charge in [0.1, 0.15) is 0 Å². The smallest absolute Gasteiger partial charge is 0.0847 e. The van der Waals surface area contributed by atoms with Gasteiger partial charge in [0.25, 0.3) is 0 Å². The molecule has 3 heteroatoms. The molecule has 0 fully saturated rings. The third kappa shape index (κ3) is 2.51. The summed E-state index contributed by atoms with van der Waals surface area (Å²) in [5.74, 6) is 0. The first-order valence-electron chi connectivity index (χ1n) is 7.88. The van der Waals surface area contributed by atoms with Crippen LogP contribution in [0.1, 0.15) is 19.4 Å². The average molecular weight is 353 g/mol. The van der Waals surface area contributed by atoms with E-state index in [2.05, 4.69) is 42.5 Å². The Kier molecular flexibility index (Phi) is 3.65. The first-order valence-corrected chi connectivity index (χ1v) is 9.07. The minimum Gasteiger partial charge on any atom is -0.386 e. The van der Waals surface area contributed by atoms with E-state index in [-0.39, 0.29) is 0 Å². The molecule has 0 unspecified atom stereocenters. The second-order valence-corrected chi connectivity index (χ2v) is 8.02. The zero-order valence-electron chi connectivity index (χ0n) is 13.5. The van der Waals surface area contributed by atoms with E-state index in [1.54, 1.807) is 25.2 Å². The number of hydrogen-bond donors (Lipinski definition) is 1. The van der Waals surface area contributed by atoms with Crippen molar-refractivity contribution in [1.82, 2.24) is 0 Å². The molecule has 0 saturated carbocycles. The highest BCUT2D eigenvalue weighted by Crippen LogP contribution is 2.42. The lowest BCUT2D eigenvalue weighted by Crippen LogP contribution is -2.16. The van der Waals surface area contributed by atoms with Gasteiger partial charge in [0.05, 0.1) is 5.60 Å². The normalized spacial score (nSPS) is 12.2. The Labute approximate surface area is 150 Å². The Hall–Kier alpha value is -1.87. The SMILES string of the molecule is CC(C)(O)c1cc(Cl)ccc1-c1cccc2c1sc1ccccc12. The molecule has 0 aliphatic rings. The van der Waals surface area contributed by atoms with Crippen LogP contribution in [0, 0.1) is 0 Å². The maximum absolute atomic E-state index is 10.6. The van der Waals surface area contributed by atoms with Gasteiger partial charge in [-0.1, -0.05) is 54.1 Å². The van der Waals surface area contributed by atoms with Crippen LogP contribution in [0.3, 0.4) is 0 Å². The quantitative estimate of drug-likeness (QED) is 0.430. The van der Waals surface area contributed by atoms with Gasteiger partial charge in [-0.05, 0) is 48.7 Å². The van der Waals surface area contributed by atoms with Gasteiger partial charge in [-0.3, -0.25) is 0 Å². The summed E-state index contributed by atoms with van der Waals surface area (Å²) in [5, 5.41) is 13.8. The van der Waals surface area contributed by atoms with Crippen LogP contribution in [0.15, 0.2) is 60.7 Å². The Morgan fingerprint density at radius 1 is 0.875 bits per heavy atom. The highest BCUT2D eigenvalue weighted by atomic mass is 35.5. The fourth-order valence-electron chi connectivity index (χ4n) is 3.22. The van der Waals surface area contributed by atoms with Crippen molar-refractivity contribution in [3.63, 3.8) is 0 Å². The van der Waals surface area contributed by atoms with Crippen LogP contribution in [0.25, 0.3) is 31.3 Å². The van der Waals surface area contributed by atoms with E-state index in [9.17, 15) is 5.11 Å². The summed E-state index contributed by atoms with van der Waals surface area (Å²) in [6.45, 7) is 3.60. The topological polar surface area (TPSA) is 20.2 Å². The van der Waals surface area contributed by atoms with Crippen LogP contribution in [-0.4, -0.2) is 5.11 Å². The van der Waals surface area contributed by atoms with Crippen LogP contribution in [0.2, 0.25) is 5.02 Å². The molecule has 0 saturated heterocycles. The second kappa shape index (κ2) is 5.59. The molecule has 0 radical (unpaired) electrons. The molecule has 0 aliphatic heterocycles. The van der Waals surface area contributed by atoms with Crippen molar-refractivity contribution in [3.05, 3.63) is 71.2 Å². The number of fused-ring (bicyclic) bond motifs is 3. The van der Waals surface area contributed by atoms with Gasteiger partial charge >= 0.3 is 0 Å². The molecule has 1 aromatic heterocycles. The predicted octanol–water partition coefficient (Wildman–Crippen LogP) is 6.60. The molecule has 0 amide bonds. The molecule has 0 aliphatic carbocycles. The van der Waals surface area contributed by atoms with Crippen LogP contribution >= 0.6 is 22.9 Å². The predicted molar refractivity (Wildman–Crippen MR) is 105 cm³/mol. The van der Waals surface area contributed by atoms with E-state index in [1.165, 1.54) is 20.2 Å². The van der Waals surface area contributed by atoms with Crippen molar-refractivity contribution in [1.29, 1.82) is 0 Å². The Morgan fingerprint density at radius 3 is 2.42 bits per heavy atom. The first-order chi connectivity index (χ1) is 11.4. The number of aliphatic hydroxyl groups is 1. The van der Waals surface area contributed by atoms with E-state index >= 15 is 0 Å². The fourth-order valence-corrected chi connectivity index (χ4v) is 4.62. The number of halogens is 1. The maximum atomic E-state index is 10.6. The highest BCUT2D eigenvalue weighted by molar-refractivity contribution is 7.26. The molecular formula is C21H17ClOS. The molecule has 24 heavy (non-hydrogen) atoms. The molecule has 0 spiro atoms. The molecule has 0 bridgehead atoms. The third-order valence-corrected chi connectivity index (χ3v) is 5.79. The first kappa shape index (κ1) is 15.6. The standard InChI is InChI=1S/C21H17ClOS/c1-21(2,23)18-12-13(22)10-11-14(18)16-7-5-8-17-15-6-3-4-9-19(15)24-20(16)17/h3-12,23H,1-2H3. The minimum absolute atomic E-state index is 0.638. The minimum atomic E-state index is -0.959. The zero-order chi connectivity index (χ0) is 16.9. The summed E-state index contributed by atoms with van der Waals surface area (Å²) in [7, 11) is 0. The summed E-state index contributed by atoms with van der Waals surface area (Å²) in [5.41, 5.74) is 2.06. The lowest BCUT2D eigenvalue weighted by atomic mass is 9.89. The molecule has 0 atom stereocenters.